The van der Waals surface area contributed by atoms with E-state index in [2.05, 4.69) is 19.1 Å². The third kappa shape index (κ3) is 30.3. The molecule has 4 N–H and O–H groups in total. The summed E-state index contributed by atoms with van der Waals surface area (Å²) in [6.07, 6.45) is 22.5. The van der Waals surface area contributed by atoms with Crippen molar-refractivity contribution in [2.45, 2.75) is 148 Å². The number of hydrogen-bond acceptors (Lipinski definition) is 9. The molecule has 0 aliphatic rings. The van der Waals surface area contributed by atoms with E-state index < -0.39 is 38.4 Å². The molecule has 44 heavy (non-hydrogen) atoms. The number of aliphatic carboxylic acids is 1. The molecule has 0 bridgehead atoms. The van der Waals surface area contributed by atoms with Gasteiger partial charge in [-0.05, 0) is 44.9 Å². The first-order valence-corrected chi connectivity index (χ1v) is 18.2. The van der Waals surface area contributed by atoms with Gasteiger partial charge in [0.2, 0.25) is 0 Å². The van der Waals surface area contributed by atoms with E-state index in [-0.39, 0.29) is 39.0 Å². The van der Waals surface area contributed by atoms with Crippen LogP contribution in [0.15, 0.2) is 12.2 Å². The summed E-state index contributed by atoms with van der Waals surface area (Å²) >= 11 is 0. The van der Waals surface area contributed by atoms with Crippen LogP contribution in [-0.2, 0) is 37.5 Å². The molecule has 11 nitrogen and oxygen atoms in total. The Balaban J connectivity index is 4.23. The number of carboxylic acids is 1. The molecule has 0 aliphatic carbocycles. The maximum atomic E-state index is 12.3. The molecule has 0 saturated heterocycles. The first kappa shape index (κ1) is 42.2. The minimum Gasteiger partial charge on any atom is -0.481 e. The van der Waals surface area contributed by atoms with E-state index in [1.807, 2.05) is 0 Å². The van der Waals surface area contributed by atoms with Crippen molar-refractivity contribution >= 4 is 25.7 Å². The fourth-order valence-corrected chi connectivity index (χ4v) is 5.18. The van der Waals surface area contributed by atoms with Gasteiger partial charge in [-0.1, -0.05) is 89.7 Å². The van der Waals surface area contributed by atoms with Crippen LogP contribution < -0.4 is 5.73 Å². The number of allylic oxidation sites excluding steroid dienone is 2. The van der Waals surface area contributed by atoms with Gasteiger partial charge in [-0.3, -0.25) is 23.4 Å². The highest BCUT2D eigenvalue weighted by Gasteiger charge is 2.25. The van der Waals surface area contributed by atoms with Crippen molar-refractivity contribution in [1.29, 1.82) is 0 Å². The summed E-state index contributed by atoms with van der Waals surface area (Å²) in [6, 6.07) is 0. The number of carbonyl (C=O) groups excluding carboxylic acids is 2. The summed E-state index contributed by atoms with van der Waals surface area (Å²) in [5.41, 5.74) is 5.28. The van der Waals surface area contributed by atoms with Gasteiger partial charge >= 0.3 is 25.7 Å². The molecule has 1 unspecified atom stereocenters. The molecule has 2 atom stereocenters. The highest BCUT2D eigenvalue weighted by molar-refractivity contribution is 7.47. The molecule has 0 aliphatic heterocycles. The van der Waals surface area contributed by atoms with E-state index in [1.165, 1.54) is 44.9 Å². The summed E-state index contributed by atoms with van der Waals surface area (Å²) in [6.45, 7) is 1.29. The van der Waals surface area contributed by atoms with Crippen molar-refractivity contribution in [2.75, 3.05) is 26.4 Å². The zero-order valence-electron chi connectivity index (χ0n) is 27.1. The second-order valence-corrected chi connectivity index (χ2v) is 12.6. The second-order valence-electron chi connectivity index (χ2n) is 11.2. The number of phosphoric ester groups is 1. The van der Waals surface area contributed by atoms with Crippen LogP contribution in [0.2, 0.25) is 0 Å². The molecular weight excluding hydrogens is 589 g/mol. The molecule has 0 aromatic rings. The average molecular weight is 650 g/mol. The van der Waals surface area contributed by atoms with Crippen LogP contribution in [0.5, 0.6) is 0 Å². The Morgan fingerprint density at radius 3 is 1.75 bits per heavy atom. The van der Waals surface area contributed by atoms with E-state index in [0.717, 1.165) is 51.4 Å². The predicted molar refractivity (Wildman–Crippen MR) is 171 cm³/mol. The summed E-state index contributed by atoms with van der Waals surface area (Å²) < 4.78 is 32.2. The van der Waals surface area contributed by atoms with Crippen LogP contribution in [0.4, 0.5) is 0 Å². The van der Waals surface area contributed by atoms with Gasteiger partial charge in [-0.15, -0.1) is 0 Å². The highest BCUT2D eigenvalue weighted by Crippen LogP contribution is 2.43. The fraction of sp³-hybridized carbons (Fsp3) is 0.844. The van der Waals surface area contributed by atoms with E-state index >= 15 is 0 Å². The van der Waals surface area contributed by atoms with Crippen LogP contribution in [0.1, 0.15) is 142 Å². The molecule has 0 fully saturated rings. The molecule has 12 heteroatoms. The molecule has 0 aromatic carbocycles. The third-order valence-electron chi connectivity index (χ3n) is 6.94. The Bertz CT molecular complexity index is 808. The SMILES string of the molecule is CCCCCCCC/C=C\CCCCCCCC(=O)OC[C@H](COP(=O)(O)OCCN)OC(=O)CCCCCCCC(=O)O. The molecule has 258 valence electrons. The van der Waals surface area contributed by atoms with Crippen molar-refractivity contribution < 1.29 is 47.5 Å². The molecule has 0 aromatic heterocycles. The lowest BCUT2D eigenvalue weighted by Crippen LogP contribution is -2.29. The summed E-state index contributed by atoms with van der Waals surface area (Å²) in [4.78, 5) is 44.9. The van der Waals surface area contributed by atoms with Crippen LogP contribution in [0, 0.1) is 0 Å². The lowest BCUT2D eigenvalue weighted by molar-refractivity contribution is -0.161. The first-order chi connectivity index (χ1) is 21.2. The van der Waals surface area contributed by atoms with Gasteiger partial charge in [0.05, 0.1) is 13.2 Å². The molecule has 0 saturated carbocycles. The fourth-order valence-electron chi connectivity index (χ4n) is 4.42. The van der Waals surface area contributed by atoms with Gasteiger partial charge in [0.1, 0.15) is 6.61 Å². The molecular formula is C32H60NO10P. The number of unbranched alkanes of at least 4 members (excludes halogenated alkanes) is 15. The minimum absolute atomic E-state index is 0.0244. The van der Waals surface area contributed by atoms with Crippen LogP contribution >= 0.6 is 7.82 Å². The lowest BCUT2D eigenvalue weighted by Gasteiger charge is -2.19. The number of ether oxygens (including phenoxy) is 2. The first-order valence-electron chi connectivity index (χ1n) is 16.7. The number of carboxylic acid groups (broad SMARTS) is 1. The molecule has 0 radical (unpaired) electrons. The van der Waals surface area contributed by atoms with E-state index in [0.29, 0.717) is 19.3 Å². The van der Waals surface area contributed by atoms with Crippen molar-refractivity contribution in [3.8, 4) is 0 Å². The van der Waals surface area contributed by atoms with E-state index in [9.17, 15) is 23.8 Å². The number of carbonyl (C=O) groups is 3. The van der Waals surface area contributed by atoms with Crippen molar-refractivity contribution in [1.82, 2.24) is 0 Å². The topological polar surface area (TPSA) is 172 Å². The van der Waals surface area contributed by atoms with Gasteiger partial charge in [0, 0.05) is 25.8 Å². The quantitative estimate of drug-likeness (QED) is 0.0287. The van der Waals surface area contributed by atoms with Crippen LogP contribution in [0.25, 0.3) is 0 Å². The molecule has 0 spiro atoms. The maximum Gasteiger partial charge on any atom is 0.472 e. The van der Waals surface area contributed by atoms with Crippen molar-refractivity contribution in [3.05, 3.63) is 12.2 Å². The number of nitrogens with two attached hydrogens (primary N) is 1. The number of hydrogen-bond donors (Lipinski definition) is 3. The normalized spacial score (nSPS) is 13.5. The summed E-state index contributed by atoms with van der Waals surface area (Å²) in [7, 11) is -4.40. The van der Waals surface area contributed by atoms with Crippen LogP contribution in [0.3, 0.4) is 0 Å². The Kier molecular flexibility index (Phi) is 28.7. The summed E-state index contributed by atoms with van der Waals surface area (Å²) in [5.74, 6) is -1.80. The standard InChI is InChI=1S/C32H60NO10P/c1-2-3-4-5-6-7-8-9-10-11-12-13-14-17-20-23-31(36)40-27-29(28-42-44(38,39)41-26-25-33)43-32(37)24-21-18-15-16-19-22-30(34)35/h9-10,29H,2-8,11-28,33H2,1H3,(H,34,35)(H,38,39)/b10-9-/t29-/m1/s1. The summed E-state index contributed by atoms with van der Waals surface area (Å²) in [5, 5.41) is 8.67. The Morgan fingerprint density at radius 2 is 1.20 bits per heavy atom. The van der Waals surface area contributed by atoms with Gasteiger partial charge in [-0.2, -0.15) is 0 Å². The van der Waals surface area contributed by atoms with Gasteiger partial charge in [0.25, 0.3) is 0 Å². The molecule has 0 heterocycles. The zero-order chi connectivity index (χ0) is 32.7. The predicted octanol–water partition coefficient (Wildman–Crippen LogP) is 7.39. The third-order valence-corrected chi connectivity index (χ3v) is 7.92. The number of phosphoric acid groups is 1. The molecule has 0 rings (SSSR count). The second kappa shape index (κ2) is 29.9. The van der Waals surface area contributed by atoms with E-state index in [4.69, 9.17) is 29.4 Å². The van der Waals surface area contributed by atoms with E-state index in [1.54, 1.807) is 0 Å². The van der Waals surface area contributed by atoms with Gasteiger partial charge in [-0.25, -0.2) is 4.57 Å². The van der Waals surface area contributed by atoms with Gasteiger partial charge < -0.3 is 25.2 Å². The average Bonchev–Trinajstić information content (AvgIpc) is 2.98. The Labute approximate surface area is 265 Å². The van der Waals surface area contributed by atoms with Crippen LogP contribution in [-0.4, -0.2) is 60.4 Å². The minimum atomic E-state index is -4.40. The van der Waals surface area contributed by atoms with Crippen molar-refractivity contribution in [2.24, 2.45) is 5.73 Å². The zero-order valence-corrected chi connectivity index (χ0v) is 28.0. The lowest BCUT2D eigenvalue weighted by atomic mass is 10.1. The smallest absolute Gasteiger partial charge is 0.472 e. The highest BCUT2D eigenvalue weighted by atomic mass is 31.2. The maximum absolute atomic E-state index is 12.3. The number of esters is 2. The monoisotopic (exact) mass is 649 g/mol. The van der Waals surface area contributed by atoms with Crippen molar-refractivity contribution in [3.63, 3.8) is 0 Å². The Morgan fingerprint density at radius 1 is 0.705 bits per heavy atom. The largest absolute Gasteiger partial charge is 0.481 e. The Hall–Kier alpha value is -1.78. The molecule has 0 amide bonds. The number of rotatable bonds is 32. The van der Waals surface area contributed by atoms with Gasteiger partial charge in [0.15, 0.2) is 6.10 Å².